The average Bonchev–Trinajstić information content (AvgIpc) is 2.47. The molecular weight excluding hydrogens is 387 g/mol. The highest BCUT2D eigenvalue weighted by Crippen LogP contribution is 2.43. The molecule has 0 spiro atoms. The van der Waals surface area contributed by atoms with Crippen molar-refractivity contribution in [1.29, 1.82) is 0 Å². The van der Waals surface area contributed by atoms with E-state index in [4.69, 9.17) is 4.42 Å². The van der Waals surface area contributed by atoms with Gasteiger partial charge in [0, 0.05) is 35.8 Å². The van der Waals surface area contributed by atoms with Crippen molar-refractivity contribution in [3.63, 3.8) is 0 Å². The van der Waals surface area contributed by atoms with E-state index in [0.717, 1.165) is 6.07 Å². The van der Waals surface area contributed by atoms with Crippen LogP contribution < -0.4 is 10.5 Å². The molecule has 0 atom stereocenters. The van der Waals surface area contributed by atoms with Gasteiger partial charge in [0.05, 0.1) is 11.1 Å². The van der Waals surface area contributed by atoms with Gasteiger partial charge in [-0.15, -0.1) is 0 Å². The summed E-state index contributed by atoms with van der Waals surface area (Å²) in [5.41, 5.74) is -2.50. The van der Waals surface area contributed by atoms with Crippen molar-refractivity contribution in [1.82, 2.24) is 0 Å². The summed E-state index contributed by atoms with van der Waals surface area (Å²) in [6, 6.07) is 2.77. The van der Waals surface area contributed by atoms with E-state index in [1.165, 1.54) is 6.07 Å². The van der Waals surface area contributed by atoms with Crippen molar-refractivity contribution >= 4 is 32.3 Å². The Labute approximate surface area is 152 Å². The van der Waals surface area contributed by atoms with Gasteiger partial charge in [0.1, 0.15) is 11.3 Å². The number of nitrogens with zero attached hydrogens (tertiary/aromatic N) is 1. The normalized spacial score (nSPS) is 17.0. The second-order valence-electron chi connectivity index (χ2n) is 6.95. The van der Waals surface area contributed by atoms with Gasteiger partial charge in [0.25, 0.3) is 10.1 Å². The maximum absolute atomic E-state index is 13.4. The maximum Gasteiger partial charge on any atom is 0.417 e. The van der Waals surface area contributed by atoms with Gasteiger partial charge in [-0.05, 0) is 25.5 Å². The van der Waals surface area contributed by atoms with E-state index in [2.05, 4.69) is 0 Å². The Kier molecular flexibility index (Phi) is 4.20. The molecule has 1 N–H and O–H groups in total. The number of halogens is 3. The molecule has 2 aromatic rings. The summed E-state index contributed by atoms with van der Waals surface area (Å²) in [7, 11) is -2.74. The lowest BCUT2D eigenvalue weighted by Gasteiger charge is -2.41. The molecule has 1 aliphatic heterocycles. The van der Waals surface area contributed by atoms with Crippen LogP contribution in [0.5, 0.6) is 0 Å². The molecule has 0 fully saturated rings. The Hall–Kier alpha value is -2.33. The first kappa shape index (κ1) is 19.4. The third-order valence-electron chi connectivity index (χ3n) is 4.60. The minimum atomic E-state index is -4.80. The van der Waals surface area contributed by atoms with Gasteiger partial charge >= 0.3 is 11.8 Å². The Bertz CT molecular complexity index is 1130. The lowest BCUT2D eigenvalue weighted by atomic mass is 9.88. The zero-order valence-electron chi connectivity index (χ0n) is 14.6. The summed E-state index contributed by atoms with van der Waals surface area (Å²) in [6.45, 7) is 3.54. The summed E-state index contributed by atoms with van der Waals surface area (Å²) in [5, 5.41) is -0.366. The van der Waals surface area contributed by atoms with Crippen LogP contribution in [0.25, 0.3) is 16.5 Å². The molecule has 0 amide bonds. The first-order valence-corrected chi connectivity index (χ1v) is 9.40. The van der Waals surface area contributed by atoms with Gasteiger partial charge in [-0.25, -0.2) is 4.79 Å². The van der Waals surface area contributed by atoms with Crippen LogP contribution in [0.15, 0.2) is 33.5 Å². The van der Waals surface area contributed by atoms with Crippen LogP contribution in [0.1, 0.15) is 25.0 Å². The minimum absolute atomic E-state index is 0.164. The van der Waals surface area contributed by atoms with Gasteiger partial charge in [-0.2, -0.15) is 21.6 Å². The molecular formula is C17H16F3NO5S. The van der Waals surface area contributed by atoms with Crippen molar-refractivity contribution in [2.75, 3.05) is 17.7 Å². The van der Waals surface area contributed by atoms with Crippen molar-refractivity contribution < 1.29 is 30.6 Å². The molecule has 10 heteroatoms. The Morgan fingerprint density at radius 1 is 1.22 bits per heavy atom. The fourth-order valence-corrected chi connectivity index (χ4v) is 3.83. The summed E-state index contributed by atoms with van der Waals surface area (Å²) < 4.78 is 77.1. The molecule has 3 rings (SSSR count). The lowest BCUT2D eigenvalue weighted by molar-refractivity contribution is -0.136. The van der Waals surface area contributed by atoms with E-state index in [1.54, 1.807) is 31.9 Å². The van der Waals surface area contributed by atoms with E-state index >= 15 is 0 Å². The Balaban J connectivity index is 2.39. The molecule has 2 heterocycles. The predicted molar refractivity (Wildman–Crippen MR) is 94.4 cm³/mol. The number of fused-ring (bicyclic) bond motifs is 2. The highest BCUT2D eigenvalue weighted by Gasteiger charge is 2.36. The standard InChI is InChI=1S/C17H16F3NO5S/c1-16(2)7-9(8-27(23,24)25)10-4-11-12(17(18,19)20)5-15(22)26-14(11)6-13(10)21(16)3/h4-7H,8H2,1-3H3,(H,23,24,25). The SMILES string of the molecule is CN1c2cc3oc(=O)cc(C(F)(F)F)c3cc2C(CS(=O)(=O)O)=CC1(C)C. The molecule has 1 aromatic carbocycles. The van der Waals surface area contributed by atoms with Gasteiger partial charge < -0.3 is 9.32 Å². The molecule has 1 aromatic heterocycles. The monoisotopic (exact) mass is 403 g/mol. The van der Waals surface area contributed by atoms with Crippen LogP contribution in [-0.2, 0) is 16.3 Å². The number of anilines is 1. The third-order valence-corrected chi connectivity index (χ3v) is 5.28. The predicted octanol–water partition coefficient (Wildman–Crippen LogP) is 3.31. The number of alkyl halides is 3. The third kappa shape index (κ3) is 3.59. The second-order valence-corrected chi connectivity index (χ2v) is 8.40. The Morgan fingerprint density at radius 2 is 1.85 bits per heavy atom. The number of hydrogen-bond acceptors (Lipinski definition) is 5. The number of rotatable bonds is 2. The van der Waals surface area contributed by atoms with E-state index in [9.17, 15) is 30.9 Å². The Morgan fingerprint density at radius 3 is 2.41 bits per heavy atom. The molecule has 0 saturated heterocycles. The summed E-state index contributed by atoms with van der Waals surface area (Å²) in [6.07, 6.45) is -3.23. The molecule has 27 heavy (non-hydrogen) atoms. The van der Waals surface area contributed by atoms with E-state index in [-0.39, 0.29) is 22.1 Å². The number of benzene rings is 1. The molecule has 6 nitrogen and oxygen atoms in total. The van der Waals surface area contributed by atoms with Crippen molar-refractivity contribution in [3.8, 4) is 0 Å². The highest BCUT2D eigenvalue weighted by molar-refractivity contribution is 7.86. The first-order chi connectivity index (χ1) is 12.2. The van der Waals surface area contributed by atoms with Crippen LogP contribution in [-0.4, -0.2) is 31.3 Å². The molecule has 0 bridgehead atoms. The van der Waals surface area contributed by atoms with Gasteiger partial charge in [-0.3, -0.25) is 4.55 Å². The topological polar surface area (TPSA) is 87.8 Å². The van der Waals surface area contributed by atoms with E-state index in [1.807, 2.05) is 0 Å². The van der Waals surface area contributed by atoms with Gasteiger partial charge in [-0.1, -0.05) is 6.08 Å². The molecule has 0 radical (unpaired) electrons. The summed E-state index contributed by atoms with van der Waals surface area (Å²) in [4.78, 5) is 13.3. The lowest BCUT2D eigenvalue weighted by Crippen LogP contribution is -2.42. The van der Waals surface area contributed by atoms with Crippen molar-refractivity contribution in [2.45, 2.75) is 25.6 Å². The van der Waals surface area contributed by atoms with Crippen LogP contribution in [0.4, 0.5) is 18.9 Å². The zero-order valence-corrected chi connectivity index (χ0v) is 15.4. The maximum atomic E-state index is 13.4. The van der Waals surface area contributed by atoms with Crippen LogP contribution in [0.3, 0.4) is 0 Å². The second kappa shape index (κ2) is 5.83. The van der Waals surface area contributed by atoms with E-state index in [0.29, 0.717) is 11.8 Å². The van der Waals surface area contributed by atoms with Gasteiger partial charge in [0.15, 0.2) is 0 Å². The zero-order chi connectivity index (χ0) is 20.4. The first-order valence-electron chi connectivity index (χ1n) is 7.79. The van der Waals surface area contributed by atoms with Crippen LogP contribution >= 0.6 is 0 Å². The van der Waals surface area contributed by atoms with Crippen LogP contribution in [0, 0.1) is 0 Å². The van der Waals surface area contributed by atoms with E-state index < -0.39 is 38.8 Å². The largest absolute Gasteiger partial charge is 0.423 e. The molecule has 1 aliphatic rings. The van der Waals surface area contributed by atoms with Gasteiger partial charge in [0.2, 0.25) is 0 Å². The number of likely N-dealkylation sites (N-methyl/N-ethyl adjacent to an activating group) is 1. The molecule has 0 saturated carbocycles. The molecule has 0 aliphatic carbocycles. The number of hydrogen-bond donors (Lipinski definition) is 1. The smallest absolute Gasteiger partial charge is 0.417 e. The molecule has 146 valence electrons. The highest BCUT2D eigenvalue weighted by atomic mass is 32.2. The van der Waals surface area contributed by atoms with Crippen LogP contribution in [0.2, 0.25) is 0 Å². The molecule has 0 unspecified atom stereocenters. The summed E-state index contributed by atoms with van der Waals surface area (Å²) in [5.74, 6) is -0.749. The fourth-order valence-electron chi connectivity index (χ4n) is 3.19. The van der Waals surface area contributed by atoms with Crippen molar-refractivity contribution in [3.05, 3.63) is 45.8 Å². The minimum Gasteiger partial charge on any atom is -0.423 e. The fraction of sp³-hybridized carbons (Fsp3) is 0.353. The quantitative estimate of drug-likeness (QED) is 0.612. The average molecular weight is 403 g/mol. The van der Waals surface area contributed by atoms with Crippen molar-refractivity contribution in [2.24, 2.45) is 0 Å². The summed E-state index contributed by atoms with van der Waals surface area (Å²) >= 11 is 0.